The van der Waals surface area contributed by atoms with Crippen molar-refractivity contribution in [2.45, 2.75) is 4.90 Å². The van der Waals surface area contributed by atoms with Crippen LogP contribution in [0, 0.1) is 11.6 Å². The summed E-state index contributed by atoms with van der Waals surface area (Å²) in [4.78, 5) is 11.5. The van der Waals surface area contributed by atoms with Crippen LogP contribution in [-0.4, -0.2) is 20.0 Å². The third kappa shape index (κ3) is 3.08. The molecule has 0 atom stereocenters. The van der Waals surface area contributed by atoms with Gasteiger partial charge in [0.1, 0.15) is 17.4 Å². The Morgan fingerprint density at radius 3 is 2.35 bits per heavy atom. The zero-order valence-corrected chi connectivity index (χ0v) is 11.0. The van der Waals surface area contributed by atoms with Gasteiger partial charge in [0.15, 0.2) is 15.6 Å². The van der Waals surface area contributed by atoms with Crippen molar-refractivity contribution in [3.63, 3.8) is 0 Å². The zero-order valence-electron chi connectivity index (χ0n) is 10.2. The maximum Gasteiger partial charge on any atom is 0.185 e. The molecule has 0 fully saturated rings. The van der Waals surface area contributed by atoms with Gasteiger partial charge in [-0.3, -0.25) is 4.79 Å². The average Bonchev–Trinajstić information content (AvgIpc) is 2.38. The number of sulfone groups is 1. The summed E-state index contributed by atoms with van der Waals surface area (Å²) < 4.78 is 50.4. The fourth-order valence-corrected chi connectivity index (χ4v) is 2.93. The average molecular weight is 296 g/mol. The standard InChI is InChI=1S/C14H10F2O3S/c15-10-4-3-5-11(8-10)20(18,19)9-14(17)12-6-1-2-7-13(12)16/h1-8H,9H2. The SMILES string of the molecule is O=C(CS(=O)(=O)c1cccc(F)c1)c1ccccc1F. The third-order valence-corrected chi connectivity index (χ3v) is 4.26. The molecule has 0 aliphatic rings. The molecule has 0 radical (unpaired) electrons. The molecule has 0 unspecified atom stereocenters. The number of Topliss-reactive ketones (excluding diaryl/α,β-unsaturated/α-hetero) is 1. The van der Waals surface area contributed by atoms with Crippen molar-refractivity contribution < 1.29 is 22.0 Å². The maximum atomic E-state index is 13.4. The molecular formula is C14H10F2O3S. The summed E-state index contributed by atoms with van der Waals surface area (Å²) in [6.45, 7) is 0. The van der Waals surface area contributed by atoms with E-state index in [2.05, 4.69) is 0 Å². The molecule has 0 aliphatic heterocycles. The van der Waals surface area contributed by atoms with E-state index in [4.69, 9.17) is 0 Å². The lowest BCUT2D eigenvalue weighted by Gasteiger charge is -2.05. The quantitative estimate of drug-likeness (QED) is 0.815. The Hall–Kier alpha value is -2.08. The zero-order chi connectivity index (χ0) is 14.8. The van der Waals surface area contributed by atoms with E-state index >= 15 is 0 Å². The van der Waals surface area contributed by atoms with Crippen molar-refractivity contribution in [3.05, 3.63) is 65.7 Å². The van der Waals surface area contributed by atoms with Gasteiger partial charge in [0.25, 0.3) is 0 Å². The fraction of sp³-hybridized carbons (Fsp3) is 0.0714. The Morgan fingerprint density at radius 2 is 1.70 bits per heavy atom. The molecule has 0 amide bonds. The number of hydrogen-bond acceptors (Lipinski definition) is 3. The Balaban J connectivity index is 2.30. The largest absolute Gasteiger partial charge is 0.293 e. The Labute approximate surface area is 114 Å². The second kappa shape index (κ2) is 5.50. The third-order valence-electron chi connectivity index (χ3n) is 2.65. The number of carbonyl (C=O) groups is 1. The lowest BCUT2D eigenvalue weighted by molar-refractivity contribution is 0.101. The topological polar surface area (TPSA) is 51.2 Å². The highest BCUT2D eigenvalue weighted by atomic mass is 32.2. The molecule has 6 heteroatoms. The minimum absolute atomic E-state index is 0.299. The van der Waals surface area contributed by atoms with Gasteiger partial charge in [-0.05, 0) is 30.3 Å². The van der Waals surface area contributed by atoms with Crippen LogP contribution in [0.15, 0.2) is 53.4 Å². The summed E-state index contributed by atoms with van der Waals surface area (Å²) in [5, 5.41) is 0. The normalized spacial score (nSPS) is 11.3. The molecule has 0 aromatic heterocycles. The summed E-state index contributed by atoms with van der Waals surface area (Å²) >= 11 is 0. The van der Waals surface area contributed by atoms with Gasteiger partial charge in [0, 0.05) is 0 Å². The first-order valence-corrected chi connectivity index (χ1v) is 7.31. The first-order valence-electron chi connectivity index (χ1n) is 5.66. The van der Waals surface area contributed by atoms with E-state index < -0.39 is 33.0 Å². The summed E-state index contributed by atoms with van der Waals surface area (Å²) in [7, 11) is -4.00. The van der Waals surface area contributed by atoms with Gasteiger partial charge in [-0.15, -0.1) is 0 Å². The highest BCUT2D eigenvalue weighted by molar-refractivity contribution is 7.92. The van der Waals surface area contributed by atoms with Crippen LogP contribution in [0.5, 0.6) is 0 Å². The minimum atomic E-state index is -4.00. The van der Waals surface area contributed by atoms with E-state index in [-0.39, 0.29) is 10.5 Å². The van der Waals surface area contributed by atoms with E-state index in [9.17, 15) is 22.0 Å². The van der Waals surface area contributed by atoms with Gasteiger partial charge in [0.05, 0.1) is 10.5 Å². The Kier molecular flexibility index (Phi) is 3.94. The van der Waals surface area contributed by atoms with Crippen LogP contribution < -0.4 is 0 Å². The van der Waals surface area contributed by atoms with Crippen molar-refractivity contribution in [1.29, 1.82) is 0 Å². The molecule has 0 saturated heterocycles. The first kappa shape index (κ1) is 14.3. The molecule has 3 nitrogen and oxygen atoms in total. The Bertz CT molecular complexity index is 755. The van der Waals surface area contributed by atoms with Gasteiger partial charge in [0.2, 0.25) is 0 Å². The first-order chi connectivity index (χ1) is 9.40. The molecule has 104 valence electrons. The van der Waals surface area contributed by atoms with E-state index in [0.717, 1.165) is 18.2 Å². The van der Waals surface area contributed by atoms with Crippen LogP contribution in [0.2, 0.25) is 0 Å². The molecule has 0 saturated carbocycles. The fourth-order valence-electron chi connectivity index (χ4n) is 1.68. The van der Waals surface area contributed by atoms with Gasteiger partial charge in [-0.25, -0.2) is 17.2 Å². The Morgan fingerprint density at radius 1 is 1.00 bits per heavy atom. The second-order valence-corrected chi connectivity index (χ2v) is 6.11. The number of halogens is 2. The van der Waals surface area contributed by atoms with E-state index in [0.29, 0.717) is 0 Å². The van der Waals surface area contributed by atoms with Gasteiger partial charge in [-0.1, -0.05) is 18.2 Å². The van der Waals surface area contributed by atoms with E-state index in [1.54, 1.807) is 0 Å². The molecule has 0 aliphatic carbocycles. The van der Waals surface area contributed by atoms with E-state index in [1.807, 2.05) is 0 Å². The summed E-state index contributed by atoms with van der Waals surface area (Å²) in [6.07, 6.45) is 0. The minimum Gasteiger partial charge on any atom is -0.293 e. The van der Waals surface area contributed by atoms with Gasteiger partial charge in [-0.2, -0.15) is 0 Å². The molecule has 20 heavy (non-hydrogen) atoms. The highest BCUT2D eigenvalue weighted by Gasteiger charge is 2.22. The molecule has 0 heterocycles. The summed E-state index contributed by atoms with van der Waals surface area (Å²) in [5.74, 6) is -3.28. The van der Waals surface area contributed by atoms with Gasteiger partial charge < -0.3 is 0 Å². The predicted molar refractivity (Wildman–Crippen MR) is 69.2 cm³/mol. The van der Waals surface area contributed by atoms with Crippen LogP contribution in [0.4, 0.5) is 8.78 Å². The molecule has 0 N–H and O–H groups in total. The number of carbonyl (C=O) groups excluding carboxylic acids is 1. The monoisotopic (exact) mass is 296 g/mol. The lowest BCUT2D eigenvalue weighted by Crippen LogP contribution is -2.17. The van der Waals surface area contributed by atoms with Crippen LogP contribution in [0.25, 0.3) is 0 Å². The van der Waals surface area contributed by atoms with Crippen molar-refractivity contribution in [2.75, 3.05) is 5.75 Å². The van der Waals surface area contributed by atoms with Crippen LogP contribution in [0.1, 0.15) is 10.4 Å². The molecule has 0 spiro atoms. The smallest absolute Gasteiger partial charge is 0.185 e. The molecular weight excluding hydrogens is 286 g/mol. The molecule has 2 aromatic rings. The number of hydrogen-bond donors (Lipinski definition) is 0. The lowest BCUT2D eigenvalue weighted by atomic mass is 10.1. The molecule has 2 rings (SSSR count). The summed E-state index contributed by atoms with van der Waals surface area (Å²) in [5.41, 5.74) is -0.299. The molecule has 0 bridgehead atoms. The van der Waals surface area contributed by atoms with Crippen molar-refractivity contribution in [2.24, 2.45) is 0 Å². The predicted octanol–water partition coefficient (Wildman–Crippen LogP) is 2.62. The number of rotatable bonds is 4. The second-order valence-electron chi connectivity index (χ2n) is 4.12. The van der Waals surface area contributed by atoms with Crippen LogP contribution in [0.3, 0.4) is 0 Å². The number of benzene rings is 2. The van der Waals surface area contributed by atoms with Crippen molar-refractivity contribution in [3.8, 4) is 0 Å². The summed E-state index contributed by atoms with van der Waals surface area (Å²) in [6, 6.07) is 9.45. The van der Waals surface area contributed by atoms with Gasteiger partial charge >= 0.3 is 0 Å². The van der Waals surface area contributed by atoms with Crippen LogP contribution in [-0.2, 0) is 9.84 Å². The number of ketones is 1. The maximum absolute atomic E-state index is 13.4. The van der Waals surface area contributed by atoms with Crippen molar-refractivity contribution in [1.82, 2.24) is 0 Å². The van der Waals surface area contributed by atoms with Crippen molar-refractivity contribution >= 4 is 15.6 Å². The highest BCUT2D eigenvalue weighted by Crippen LogP contribution is 2.15. The van der Waals surface area contributed by atoms with E-state index in [1.165, 1.54) is 30.3 Å². The molecule has 2 aromatic carbocycles. The van der Waals surface area contributed by atoms with Crippen LogP contribution >= 0.6 is 0 Å².